The van der Waals surface area contributed by atoms with Gasteiger partial charge in [0, 0.05) is 22.6 Å². The van der Waals surface area contributed by atoms with E-state index in [4.69, 9.17) is 9.15 Å². The van der Waals surface area contributed by atoms with Crippen molar-refractivity contribution in [1.29, 1.82) is 0 Å². The quantitative estimate of drug-likeness (QED) is 0.312. The molecule has 1 aromatic heterocycles. The van der Waals surface area contributed by atoms with E-state index in [0.29, 0.717) is 16.7 Å². The topological polar surface area (TPSA) is 85.6 Å². The third kappa shape index (κ3) is 3.93. The van der Waals surface area contributed by atoms with Crippen molar-refractivity contribution in [3.05, 3.63) is 94.3 Å². The first-order valence-corrected chi connectivity index (χ1v) is 9.50. The molecule has 6 heteroatoms. The zero-order chi connectivity index (χ0) is 21.1. The summed E-state index contributed by atoms with van der Waals surface area (Å²) in [5.41, 5.74) is 0.912. The van der Waals surface area contributed by atoms with E-state index in [2.05, 4.69) is 5.32 Å². The van der Waals surface area contributed by atoms with E-state index >= 15 is 0 Å². The summed E-state index contributed by atoms with van der Waals surface area (Å²) in [7, 11) is 0. The van der Waals surface area contributed by atoms with E-state index in [9.17, 15) is 14.4 Å². The summed E-state index contributed by atoms with van der Waals surface area (Å²) in [5.74, 6) is -0.960. The van der Waals surface area contributed by atoms with Crippen LogP contribution in [-0.4, -0.2) is 17.9 Å². The lowest BCUT2D eigenvalue weighted by atomic mass is 10.0. The Hall–Kier alpha value is -3.93. The standard InChI is InChI=1S/C24H19NO5/c1-15(25-23(27)17-8-3-2-4-9-17)24(28)29-14-18-13-21(26)30-20-12-11-16-7-5-6-10-19(16)22(18)20/h2-13,15H,14H2,1H3,(H,25,27)/t15-/m0/s1. The molecule has 0 unspecified atom stereocenters. The van der Waals surface area contributed by atoms with Gasteiger partial charge in [-0.2, -0.15) is 0 Å². The molecule has 0 saturated heterocycles. The fourth-order valence-corrected chi connectivity index (χ4v) is 3.34. The van der Waals surface area contributed by atoms with Gasteiger partial charge in [-0.3, -0.25) is 4.79 Å². The Kier molecular flexibility index (Phi) is 5.30. The van der Waals surface area contributed by atoms with Gasteiger partial charge in [0.05, 0.1) is 0 Å². The van der Waals surface area contributed by atoms with Gasteiger partial charge in [-0.25, -0.2) is 9.59 Å². The van der Waals surface area contributed by atoms with Crippen LogP contribution in [0.1, 0.15) is 22.8 Å². The summed E-state index contributed by atoms with van der Waals surface area (Å²) in [5, 5.41) is 5.22. The lowest BCUT2D eigenvalue weighted by Crippen LogP contribution is -2.39. The third-order valence-electron chi connectivity index (χ3n) is 4.82. The predicted octanol–water partition coefficient (Wildman–Crippen LogP) is 3.81. The van der Waals surface area contributed by atoms with Crippen molar-refractivity contribution in [3.8, 4) is 0 Å². The average Bonchev–Trinajstić information content (AvgIpc) is 2.77. The molecule has 0 fully saturated rings. The number of fused-ring (bicyclic) bond motifs is 3. The van der Waals surface area contributed by atoms with Crippen molar-refractivity contribution in [1.82, 2.24) is 5.32 Å². The van der Waals surface area contributed by atoms with Crippen molar-refractivity contribution >= 4 is 33.6 Å². The molecule has 1 amide bonds. The molecule has 0 saturated carbocycles. The van der Waals surface area contributed by atoms with Crippen molar-refractivity contribution < 1.29 is 18.7 Å². The summed E-state index contributed by atoms with van der Waals surface area (Å²) in [6.07, 6.45) is 0. The maximum Gasteiger partial charge on any atom is 0.336 e. The van der Waals surface area contributed by atoms with Crippen LogP contribution in [-0.2, 0) is 16.1 Å². The van der Waals surface area contributed by atoms with Gasteiger partial charge < -0.3 is 14.5 Å². The third-order valence-corrected chi connectivity index (χ3v) is 4.82. The lowest BCUT2D eigenvalue weighted by Gasteiger charge is -2.14. The molecule has 3 aromatic carbocycles. The van der Waals surface area contributed by atoms with Crippen LogP contribution in [0.5, 0.6) is 0 Å². The number of ether oxygens (including phenoxy) is 1. The van der Waals surface area contributed by atoms with Gasteiger partial charge >= 0.3 is 11.6 Å². The lowest BCUT2D eigenvalue weighted by molar-refractivity contribution is -0.146. The highest BCUT2D eigenvalue weighted by molar-refractivity contribution is 6.07. The van der Waals surface area contributed by atoms with Crippen molar-refractivity contribution in [2.45, 2.75) is 19.6 Å². The van der Waals surface area contributed by atoms with Crippen LogP contribution < -0.4 is 10.9 Å². The number of nitrogens with one attached hydrogen (secondary N) is 1. The normalized spacial score (nSPS) is 11.9. The second kappa shape index (κ2) is 8.21. The van der Waals surface area contributed by atoms with Crippen molar-refractivity contribution in [2.24, 2.45) is 0 Å². The second-order valence-corrected chi connectivity index (χ2v) is 6.92. The highest BCUT2D eigenvalue weighted by Crippen LogP contribution is 2.27. The SMILES string of the molecule is C[C@H](NC(=O)c1ccccc1)C(=O)OCc1cc(=O)oc2ccc3ccccc3c12. The Balaban J connectivity index is 1.54. The summed E-state index contributed by atoms with van der Waals surface area (Å²) in [4.78, 5) is 36.6. The molecular formula is C24H19NO5. The first kappa shape index (κ1) is 19.4. The molecule has 6 nitrogen and oxygen atoms in total. The van der Waals surface area contributed by atoms with Crippen LogP contribution in [0, 0.1) is 0 Å². The average molecular weight is 401 g/mol. The largest absolute Gasteiger partial charge is 0.459 e. The van der Waals surface area contributed by atoms with E-state index in [1.54, 1.807) is 43.3 Å². The molecule has 1 N–H and O–H groups in total. The fraction of sp³-hybridized carbons (Fsp3) is 0.125. The maximum absolute atomic E-state index is 12.4. The molecule has 1 heterocycles. The smallest absolute Gasteiger partial charge is 0.336 e. The Morgan fingerprint density at radius 1 is 1.00 bits per heavy atom. The van der Waals surface area contributed by atoms with Crippen LogP contribution in [0.25, 0.3) is 21.7 Å². The van der Waals surface area contributed by atoms with Gasteiger partial charge in [0.15, 0.2) is 0 Å². The van der Waals surface area contributed by atoms with Gasteiger partial charge in [0.2, 0.25) is 0 Å². The number of carbonyl (C=O) groups is 2. The van der Waals surface area contributed by atoms with E-state index in [1.165, 1.54) is 6.07 Å². The van der Waals surface area contributed by atoms with Gasteiger partial charge in [0.25, 0.3) is 5.91 Å². The molecule has 0 aliphatic heterocycles. The number of carbonyl (C=O) groups excluding carboxylic acids is 2. The van der Waals surface area contributed by atoms with Crippen LogP contribution in [0.15, 0.2) is 82.0 Å². The fourth-order valence-electron chi connectivity index (χ4n) is 3.34. The molecule has 0 radical (unpaired) electrons. The number of benzene rings is 3. The minimum atomic E-state index is -0.846. The van der Waals surface area contributed by atoms with Crippen LogP contribution in [0.3, 0.4) is 0 Å². The highest BCUT2D eigenvalue weighted by atomic mass is 16.5. The minimum Gasteiger partial charge on any atom is -0.459 e. The number of rotatable bonds is 5. The second-order valence-electron chi connectivity index (χ2n) is 6.92. The molecule has 1 atom stereocenters. The minimum absolute atomic E-state index is 0.111. The molecule has 150 valence electrons. The van der Waals surface area contributed by atoms with E-state index < -0.39 is 17.6 Å². The molecule has 0 spiro atoms. The predicted molar refractivity (Wildman–Crippen MR) is 113 cm³/mol. The van der Waals surface area contributed by atoms with Crippen molar-refractivity contribution in [3.63, 3.8) is 0 Å². The molecular weight excluding hydrogens is 382 g/mol. The summed E-state index contributed by atoms with van der Waals surface area (Å²) < 4.78 is 10.7. The van der Waals surface area contributed by atoms with Gasteiger partial charge in [-0.1, -0.05) is 48.5 Å². The molecule has 0 aliphatic carbocycles. The van der Waals surface area contributed by atoms with Crippen LogP contribution in [0.2, 0.25) is 0 Å². The number of esters is 1. The Morgan fingerprint density at radius 2 is 1.73 bits per heavy atom. The molecule has 4 rings (SSSR count). The summed E-state index contributed by atoms with van der Waals surface area (Å²) in [6, 6.07) is 20.4. The molecule has 30 heavy (non-hydrogen) atoms. The van der Waals surface area contributed by atoms with E-state index in [1.807, 2.05) is 30.3 Å². The van der Waals surface area contributed by atoms with Gasteiger partial charge in [0.1, 0.15) is 18.2 Å². The first-order valence-electron chi connectivity index (χ1n) is 9.50. The number of hydrogen-bond donors (Lipinski definition) is 1. The van der Waals surface area contributed by atoms with Crippen molar-refractivity contribution in [2.75, 3.05) is 0 Å². The van der Waals surface area contributed by atoms with Gasteiger partial charge in [-0.05, 0) is 35.9 Å². The maximum atomic E-state index is 12.4. The summed E-state index contributed by atoms with van der Waals surface area (Å²) in [6.45, 7) is 1.44. The first-order chi connectivity index (χ1) is 14.5. The number of amides is 1. The van der Waals surface area contributed by atoms with Crippen LogP contribution >= 0.6 is 0 Å². The van der Waals surface area contributed by atoms with Crippen LogP contribution in [0.4, 0.5) is 0 Å². The van der Waals surface area contributed by atoms with Gasteiger partial charge in [-0.15, -0.1) is 0 Å². The van der Waals surface area contributed by atoms with E-state index in [0.717, 1.165) is 16.2 Å². The summed E-state index contributed by atoms with van der Waals surface area (Å²) >= 11 is 0. The number of hydrogen-bond acceptors (Lipinski definition) is 5. The monoisotopic (exact) mass is 401 g/mol. The Morgan fingerprint density at radius 3 is 2.53 bits per heavy atom. The molecule has 0 aliphatic rings. The zero-order valence-corrected chi connectivity index (χ0v) is 16.3. The van der Waals surface area contributed by atoms with E-state index in [-0.39, 0.29) is 12.5 Å². The molecule has 4 aromatic rings. The molecule has 0 bridgehead atoms. The zero-order valence-electron chi connectivity index (χ0n) is 16.3. The Labute approximate surface area is 172 Å². The highest BCUT2D eigenvalue weighted by Gasteiger charge is 2.19. The Bertz CT molecular complexity index is 1290.